The van der Waals surface area contributed by atoms with Crippen LogP contribution in [-0.4, -0.2) is 0 Å². The highest BCUT2D eigenvalue weighted by atomic mass is 79.9. The Morgan fingerprint density at radius 2 is 1.72 bits per heavy atom. The van der Waals surface area contributed by atoms with Crippen molar-refractivity contribution >= 4 is 31.9 Å². The molecule has 0 saturated heterocycles. The molecular formula is C14H11Br2FO. The number of hydrogen-bond acceptors (Lipinski definition) is 1. The number of rotatable bonds is 3. The van der Waals surface area contributed by atoms with Gasteiger partial charge in [-0.3, -0.25) is 0 Å². The van der Waals surface area contributed by atoms with Crippen LogP contribution >= 0.6 is 31.9 Å². The Bertz CT molecular complexity index is 518. The highest BCUT2D eigenvalue weighted by Gasteiger charge is 2.05. The first kappa shape index (κ1) is 13.6. The van der Waals surface area contributed by atoms with Gasteiger partial charge in [0, 0.05) is 14.5 Å². The molecule has 0 amide bonds. The molecule has 0 aliphatic rings. The molecule has 0 spiro atoms. The second-order valence-corrected chi connectivity index (χ2v) is 5.77. The summed E-state index contributed by atoms with van der Waals surface area (Å²) in [4.78, 5) is 0. The largest absolute Gasteiger partial charge is 0.489 e. The number of aryl methyl sites for hydroxylation is 1. The fourth-order valence-electron chi connectivity index (χ4n) is 1.57. The van der Waals surface area contributed by atoms with E-state index < -0.39 is 0 Å². The van der Waals surface area contributed by atoms with Gasteiger partial charge in [0.05, 0.1) is 0 Å². The molecule has 0 aromatic heterocycles. The van der Waals surface area contributed by atoms with Crippen molar-refractivity contribution in [1.29, 1.82) is 0 Å². The van der Waals surface area contributed by atoms with Crippen LogP contribution in [0.3, 0.4) is 0 Å². The van der Waals surface area contributed by atoms with Crippen LogP contribution in [0.25, 0.3) is 0 Å². The molecular weight excluding hydrogens is 363 g/mol. The molecule has 0 saturated carbocycles. The molecule has 0 heterocycles. The van der Waals surface area contributed by atoms with Gasteiger partial charge in [0.2, 0.25) is 0 Å². The van der Waals surface area contributed by atoms with E-state index in [1.54, 1.807) is 12.1 Å². The SMILES string of the molecule is Cc1cc(Br)ccc1OCc1ccc(Br)cc1F. The average molecular weight is 374 g/mol. The van der Waals surface area contributed by atoms with Crippen molar-refractivity contribution in [3.05, 3.63) is 62.3 Å². The number of ether oxygens (including phenoxy) is 1. The van der Waals surface area contributed by atoms with Gasteiger partial charge in [-0.15, -0.1) is 0 Å². The Morgan fingerprint density at radius 1 is 1.06 bits per heavy atom. The van der Waals surface area contributed by atoms with E-state index in [4.69, 9.17) is 4.74 Å². The summed E-state index contributed by atoms with van der Waals surface area (Å²) in [6.07, 6.45) is 0. The van der Waals surface area contributed by atoms with Gasteiger partial charge in [-0.1, -0.05) is 37.9 Å². The topological polar surface area (TPSA) is 9.23 Å². The van der Waals surface area contributed by atoms with Crippen LogP contribution in [0.4, 0.5) is 4.39 Å². The van der Waals surface area contributed by atoms with E-state index >= 15 is 0 Å². The van der Waals surface area contributed by atoms with E-state index in [-0.39, 0.29) is 12.4 Å². The lowest BCUT2D eigenvalue weighted by Crippen LogP contribution is -1.99. The maximum Gasteiger partial charge on any atom is 0.130 e. The summed E-state index contributed by atoms with van der Waals surface area (Å²) in [5.74, 6) is 0.500. The van der Waals surface area contributed by atoms with Gasteiger partial charge in [-0.2, -0.15) is 0 Å². The van der Waals surface area contributed by atoms with Crippen LogP contribution in [0.5, 0.6) is 5.75 Å². The first-order chi connectivity index (χ1) is 8.56. The van der Waals surface area contributed by atoms with Gasteiger partial charge >= 0.3 is 0 Å². The third-order valence-corrected chi connectivity index (χ3v) is 3.52. The normalized spacial score (nSPS) is 10.4. The molecule has 94 valence electrons. The molecule has 0 unspecified atom stereocenters. The molecule has 2 rings (SSSR count). The Kier molecular flexibility index (Phi) is 4.40. The molecule has 0 N–H and O–H groups in total. The second kappa shape index (κ2) is 5.85. The predicted octanol–water partition coefficient (Wildman–Crippen LogP) is 5.24. The lowest BCUT2D eigenvalue weighted by atomic mass is 10.2. The molecule has 2 aromatic carbocycles. The van der Waals surface area contributed by atoms with Crippen molar-refractivity contribution in [2.24, 2.45) is 0 Å². The monoisotopic (exact) mass is 372 g/mol. The van der Waals surface area contributed by atoms with E-state index in [1.165, 1.54) is 6.07 Å². The van der Waals surface area contributed by atoms with E-state index in [0.29, 0.717) is 5.56 Å². The summed E-state index contributed by atoms with van der Waals surface area (Å²) in [6, 6.07) is 10.7. The second-order valence-electron chi connectivity index (χ2n) is 3.93. The Labute approximate surface area is 122 Å². The lowest BCUT2D eigenvalue weighted by molar-refractivity contribution is 0.297. The van der Waals surface area contributed by atoms with Gasteiger partial charge in [0.25, 0.3) is 0 Å². The maximum absolute atomic E-state index is 13.6. The van der Waals surface area contributed by atoms with Crippen molar-refractivity contribution in [3.8, 4) is 5.75 Å². The smallest absolute Gasteiger partial charge is 0.130 e. The van der Waals surface area contributed by atoms with Crippen molar-refractivity contribution in [1.82, 2.24) is 0 Å². The quantitative estimate of drug-likeness (QED) is 0.714. The minimum absolute atomic E-state index is 0.224. The van der Waals surface area contributed by atoms with Gasteiger partial charge in [0.1, 0.15) is 18.2 Å². The molecule has 2 aromatic rings. The summed E-state index contributed by atoms with van der Waals surface area (Å²) in [7, 11) is 0. The maximum atomic E-state index is 13.6. The minimum atomic E-state index is -0.265. The highest BCUT2D eigenvalue weighted by Crippen LogP contribution is 2.24. The van der Waals surface area contributed by atoms with Crippen LogP contribution in [0.1, 0.15) is 11.1 Å². The van der Waals surface area contributed by atoms with Gasteiger partial charge in [-0.05, 0) is 42.8 Å². The molecule has 0 atom stereocenters. The number of hydrogen-bond donors (Lipinski definition) is 0. The van der Waals surface area contributed by atoms with Crippen molar-refractivity contribution < 1.29 is 9.13 Å². The third kappa shape index (κ3) is 3.33. The Morgan fingerprint density at radius 3 is 2.39 bits per heavy atom. The van der Waals surface area contributed by atoms with Crippen LogP contribution in [0, 0.1) is 12.7 Å². The standard InChI is InChI=1S/C14H11Br2FO/c1-9-6-11(15)4-5-14(9)18-8-10-2-3-12(16)7-13(10)17/h2-7H,8H2,1H3. The van der Waals surface area contributed by atoms with Crippen LogP contribution in [-0.2, 0) is 6.61 Å². The summed E-state index contributed by atoms with van der Waals surface area (Å²) in [5.41, 5.74) is 1.56. The van der Waals surface area contributed by atoms with E-state index in [2.05, 4.69) is 31.9 Å². The molecule has 0 aliphatic heterocycles. The van der Waals surface area contributed by atoms with Crippen molar-refractivity contribution in [2.45, 2.75) is 13.5 Å². The number of halogens is 3. The van der Waals surface area contributed by atoms with Gasteiger partial charge < -0.3 is 4.74 Å². The predicted molar refractivity (Wildman–Crippen MR) is 77.3 cm³/mol. The molecule has 0 radical (unpaired) electrons. The molecule has 4 heteroatoms. The van der Waals surface area contributed by atoms with E-state index in [1.807, 2.05) is 25.1 Å². The lowest BCUT2D eigenvalue weighted by Gasteiger charge is -2.10. The molecule has 0 aliphatic carbocycles. The molecule has 18 heavy (non-hydrogen) atoms. The fourth-order valence-corrected chi connectivity index (χ4v) is 2.38. The zero-order valence-corrected chi connectivity index (χ0v) is 12.9. The van der Waals surface area contributed by atoms with Crippen LogP contribution < -0.4 is 4.74 Å². The summed E-state index contributed by atoms with van der Waals surface area (Å²) in [6.45, 7) is 2.18. The Balaban J connectivity index is 2.11. The van der Waals surface area contributed by atoms with E-state index in [0.717, 1.165) is 20.3 Å². The molecule has 1 nitrogen and oxygen atoms in total. The highest BCUT2D eigenvalue weighted by molar-refractivity contribution is 9.10. The Hall–Kier alpha value is -0.870. The van der Waals surface area contributed by atoms with Gasteiger partial charge in [-0.25, -0.2) is 4.39 Å². The van der Waals surface area contributed by atoms with E-state index in [9.17, 15) is 4.39 Å². The zero-order chi connectivity index (χ0) is 13.1. The summed E-state index contributed by atoms with van der Waals surface area (Å²) in [5, 5.41) is 0. The fraction of sp³-hybridized carbons (Fsp3) is 0.143. The average Bonchev–Trinajstić information content (AvgIpc) is 2.30. The number of benzene rings is 2. The summed E-state index contributed by atoms with van der Waals surface area (Å²) < 4.78 is 21.0. The zero-order valence-electron chi connectivity index (χ0n) is 9.71. The molecule has 0 fully saturated rings. The molecule has 0 bridgehead atoms. The minimum Gasteiger partial charge on any atom is -0.489 e. The summed E-state index contributed by atoms with van der Waals surface area (Å²) >= 11 is 6.62. The van der Waals surface area contributed by atoms with Crippen molar-refractivity contribution in [2.75, 3.05) is 0 Å². The van der Waals surface area contributed by atoms with Gasteiger partial charge in [0.15, 0.2) is 0 Å². The van der Waals surface area contributed by atoms with Crippen LogP contribution in [0.15, 0.2) is 45.3 Å². The van der Waals surface area contributed by atoms with Crippen molar-refractivity contribution in [3.63, 3.8) is 0 Å². The first-order valence-corrected chi connectivity index (χ1v) is 6.98. The first-order valence-electron chi connectivity index (χ1n) is 5.39. The third-order valence-electron chi connectivity index (χ3n) is 2.54. The van der Waals surface area contributed by atoms with Crippen LogP contribution in [0.2, 0.25) is 0 Å².